The Morgan fingerprint density at radius 2 is 1.92 bits per heavy atom. The zero-order valence-corrected chi connectivity index (χ0v) is 14.7. The molecule has 6 nitrogen and oxygen atoms in total. The number of carbonyl (C=O) groups is 1. The van der Waals surface area contributed by atoms with E-state index in [2.05, 4.69) is 15.2 Å². The van der Waals surface area contributed by atoms with E-state index in [0.717, 1.165) is 44.3 Å². The highest BCUT2D eigenvalue weighted by Gasteiger charge is 2.30. The molecule has 24 heavy (non-hydrogen) atoms. The summed E-state index contributed by atoms with van der Waals surface area (Å²) in [6.45, 7) is 1.87. The molecule has 2 aliphatic rings. The van der Waals surface area contributed by atoms with Crippen LogP contribution in [0.5, 0.6) is 0 Å². The van der Waals surface area contributed by atoms with Crippen molar-refractivity contribution in [3.05, 3.63) is 30.1 Å². The second-order valence-electron chi connectivity index (χ2n) is 6.80. The van der Waals surface area contributed by atoms with Gasteiger partial charge in [-0.25, -0.2) is 8.42 Å². The molecular weight excluding hydrogens is 326 g/mol. The third-order valence-corrected chi connectivity index (χ3v) is 6.74. The van der Waals surface area contributed by atoms with Crippen LogP contribution < -0.4 is 5.32 Å². The second-order valence-corrected chi connectivity index (χ2v) is 9.10. The van der Waals surface area contributed by atoms with E-state index >= 15 is 0 Å². The maximum Gasteiger partial charge on any atom is 0.224 e. The Balaban J connectivity index is 1.41. The van der Waals surface area contributed by atoms with Gasteiger partial charge in [-0.15, -0.1) is 0 Å². The van der Waals surface area contributed by atoms with Gasteiger partial charge in [0.25, 0.3) is 0 Å². The molecule has 0 saturated carbocycles. The molecule has 0 radical (unpaired) electrons. The lowest BCUT2D eigenvalue weighted by molar-refractivity contribution is -0.121. The highest BCUT2D eigenvalue weighted by molar-refractivity contribution is 7.91. The Morgan fingerprint density at radius 1 is 1.21 bits per heavy atom. The van der Waals surface area contributed by atoms with Crippen molar-refractivity contribution in [2.45, 2.75) is 44.2 Å². The van der Waals surface area contributed by atoms with E-state index in [4.69, 9.17) is 0 Å². The van der Waals surface area contributed by atoms with Gasteiger partial charge in [0, 0.05) is 37.6 Å². The number of rotatable bonds is 4. The van der Waals surface area contributed by atoms with Crippen LogP contribution >= 0.6 is 0 Å². The van der Waals surface area contributed by atoms with E-state index in [0.29, 0.717) is 24.0 Å². The van der Waals surface area contributed by atoms with E-state index in [9.17, 15) is 13.2 Å². The SMILES string of the molecule is O=C(Cc1cccnc1)NC1CCN(C2CCS(=O)(=O)CC2)CC1. The first-order valence-corrected chi connectivity index (χ1v) is 10.5. The number of amides is 1. The fraction of sp³-hybridized carbons (Fsp3) is 0.647. The highest BCUT2D eigenvalue weighted by atomic mass is 32.2. The standard InChI is InChI=1S/C17H25N3O3S/c21-17(12-14-2-1-7-18-13-14)19-15-3-8-20(9-4-15)16-5-10-24(22,23)11-6-16/h1-2,7,13,15-16H,3-6,8-12H2,(H,19,21). The van der Waals surface area contributed by atoms with Crippen molar-refractivity contribution in [3.8, 4) is 0 Å². The van der Waals surface area contributed by atoms with Gasteiger partial charge in [-0.1, -0.05) is 6.07 Å². The van der Waals surface area contributed by atoms with Gasteiger partial charge in [-0.3, -0.25) is 9.78 Å². The Morgan fingerprint density at radius 3 is 2.54 bits per heavy atom. The molecule has 132 valence electrons. The fourth-order valence-corrected chi connectivity index (χ4v) is 5.08. The van der Waals surface area contributed by atoms with Gasteiger partial charge in [-0.05, 0) is 37.3 Å². The predicted molar refractivity (Wildman–Crippen MR) is 92.4 cm³/mol. The molecule has 0 aromatic carbocycles. The quantitative estimate of drug-likeness (QED) is 0.867. The van der Waals surface area contributed by atoms with E-state index in [-0.39, 0.29) is 11.9 Å². The fourth-order valence-electron chi connectivity index (χ4n) is 3.62. The lowest BCUT2D eigenvalue weighted by Gasteiger charge is -2.39. The van der Waals surface area contributed by atoms with Crippen molar-refractivity contribution in [3.63, 3.8) is 0 Å². The second kappa shape index (κ2) is 7.61. The first-order chi connectivity index (χ1) is 11.5. The predicted octanol–water partition coefficient (Wildman–Crippen LogP) is 0.782. The molecule has 2 fully saturated rings. The molecule has 2 aliphatic heterocycles. The summed E-state index contributed by atoms with van der Waals surface area (Å²) in [5.41, 5.74) is 0.927. The first kappa shape index (κ1) is 17.4. The molecule has 2 saturated heterocycles. The minimum atomic E-state index is -2.80. The lowest BCUT2D eigenvalue weighted by atomic mass is 10.0. The maximum absolute atomic E-state index is 12.1. The van der Waals surface area contributed by atoms with Crippen LogP contribution in [-0.2, 0) is 21.1 Å². The average Bonchev–Trinajstić information content (AvgIpc) is 2.56. The molecule has 0 bridgehead atoms. The molecule has 0 atom stereocenters. The van der Waals surface area contributed by atoms with Crippen molar-refractivity contribution in [1.82, 2.24) is 15.2 Å². The van der Waals surface area contributed by atoms with E-state index in [1.165, 1.54) is 0 Å². The maximum atomic E-state index is 12.1. The summed E-state index contributed by atoms with van der Waals surface area (Å²) in [4.78, 5) is 18.5. The first-order valence-electron chi connectivity index (χ1n) is 8.64. The third kappa shape index (κ3) is 4.77. The van der Waals surface area contributed by atoms with Crippen molar-refractivity contribution in [1.29, 1.82) is 0 Å². The minimum Gasteiger partial charge on any atom is -0.353 e. The molecule has 0 spiro atoms. The van der Waals surface area contributed by atoms with Crippen LogP contribution in [0, 0.1) is 0 Å². The Labute approximate surface area is 143 Å². The number of sulfone groups is 1. The van der Waals surface area contributed by atoms with Crippen molar-refractivity contribution >= 4 is 15.7 Å². The molecule has 3 heterocycles. The number of hydrogen-bond acceptors (Lipinski definition) is 5. The zero-order valence-electron chi connectivity index (χ0n) is 13.9. The number of hydrogen-bond donors (Lipinski definition) is 1. The summed E-state index contributed by atoms with van der Waals surface area (Å²) < 4.78 is 23.1. The van der Waals surface area contributed by atoms with Crippen LogP contribution in [0.2, 0.25) is 0 Å². The molecule has 1 aromatic rings. The van der Waals surface area contributed by atoms with Gasteiger partial charge in [-0.2, -0.15) is 0 Å². The van der Waals surface area contributed by atoms with Gasteiger partial charge in [0.05, 0.1) is 17.9 Å². The van der Waals surface area contributed by atoms with E-state index < -0.39 is 9.84 Å². The van der Waals surface area contributed by atoms with Crippen molar-refractivity contribution in [2.75, 3.05) is 24.6 Å². The van der Waals surface area contributed by atoms with Crippen LogP contribution in [-0.4, -0.2) is 60.9 Å². The molecule has 3 rings (SSSR count). The number of nitrogens with zero attached hydrogens (tertiary/aromatic N) is 2. The largest absolute Gasteiger partial charge is 0.353 e. The highest BCUT2D eigenvalue weighted by Crippen LogP contribution is 2.22. The van der Waals surface area contributed by atoms with Gasteiger partial charge < -0.3 is 10.2 Å². The summed E-state index contributed by atoms with van der Waals surface area (Å²) in [6.07, 6.45) is 7.16. The van der Waals surface area contributed by atoms with E-state index in [1.54, 1.807) is 12.4 Å². The van der Waals surface area contributed by atoms with Crippen LogP contribution in [0.4, 0.5) is 0 Å². The number of carbonyl (C=O) groups excluding carboxylic acids is 1. The lowest BCUT2D eigenvalue weighted by Crippen LogP contribution is -2.50. The molecular formula is C17H25N3O3S. The summed E-state index contributed by atoms with van der Waals surface area (Å²) >= 11 is 0. The molecule has 1 N–H and O–H groups in total. The molecule has 7 heteroatoms. The Bertz CT molecular complexity index is 641. The Kier molecular flexibility index (Phi) is 5.50. The van der Waals surface area contributed by atoms with Gasteiger partial charge in [0.15, 0.2) is 0 Å². The van der Waals surface area contributed by atoms with E-state index in [1.807, 2.05) is 12.1 Å². The average molecular weight is 351 g/mol. The van der Waals surface area contributed by atoms with Gasteiger partial charge in [0.1, 0.15) is 9.84 Å². The summed E-state index contributed by atoms with van der Waals surface area (Å²) in [7, 11) is -2.80. The molecule has 0 aliphatic carbocycles. The van der Waals surface area contributed by atoms with Crippen LogP contribution in [0.3, 0.4) is 0 Å². The van der Waals surface area contributed by atoms with Gasteiger partial charge in [0.2, 0.25) is 5.91 Å². The number of piperidine rings is 1. The molecule has 1 aromatic heterocycles. The molecule has 0 unspecified atom stereocenters. The third-order valence-electron chi connectivity index (χ3n) is 5.02. The summed E-state index contributed by atoms with van der Waals surface area (Å²) in [5.74, 6) is 0.684. The monoisotopic (exact) mass is 351 g/mol. The smallest absolute Gasteiger partial charge is 0.224 e. The minimum absolute atomic E-state index is 0.0465. The number of aromatic nitrogens is 1. The summed E-state index contributed by atoms with van der Waals surface area (Å²) in [6, 6.07) is 4.36. The van der Waals surface area contributed by atoms with Crippen LogP contribution in [0.1, 0.15) is 31.2 Å². The number of pyridine rings is 1. The normalized spacial score (nSPS) is 23.0. The topological polar surface area (TPSA) is 79.4 Å². The summed E-state index contributed by atoms with van der Waals surface area (Å²) in [5, 5.41) is 3.11. The van der Waals surface area contributed by atoms with Crippen molar-refractivity contribution < 1.29 is 13.2 Å². The van der Waals surface area contributed by atoms with Gasteiger partial charge >= 0.3 is 0 Å². The number of nitrogens with one attached hydrogen (secondary N) is 1. The van der Waals surface area contributed by atoms with Crippen molar-refractivity contribution in [2.24, 2.45) is 0 Å². The van der Waals surface area contributed by atoms with Crippen LogP contribution in [0.25, 0.3) is 0 Å². The zero-order chi connectivity index (χ0) is 17.0. The molecule has 1 amide bonds. The number of likely N-dealkylation sites (tertiary alicyclic amines) is 1. The van der Waals surface area contributed by atoms with Crippen LogP contribution in [0.15, 0.2) is 24.5 Å². The Hall–Kier alpha value is -1.47.